The molecule has 1 aromatic carbocycles. The second-order valence-electron chi connectivity index (χ2n) is 17.5. The zero-order valence-electron chi connectivity index (χ0n) is 31.1. The highest BCUT2D eigenvalue weighted by atomic mass is 16.8. The number of esters is 2. The Hall–Kier alpha value is -2.67. The Morgan fingerprint density at radius 1 is 0.920 bits per heavy atom. The van der Waals surface area contributed by atoms with Gasteiger partial charge in [0.2, 0.25) is 12.7 Å². The van der Waals surface area contributed by atoms with Gasteiger partial charge in [-0.1, -0.05) is 39.8 Å². The highest BCUT2D eigenvalue weighted by Gasteiger charge is 2.70. The molecule has 10 unspecified atom stereocenters. The molecule has 10 atom stereocenters. The maximum atomic E-state index is 13.9. The topological polar surface area (TPSA) is 128 Å². The van der Waals surface area contributed by atoms with E-state index in [4.69, 9.17) is 33.0 Å². The number of ether oxygens (including phenoxy) is 5. The van der Waals surface area contributed by atoms with Crippen LogP contribution in [0.5, 0.6) is 5.75 Å². The van der Waals surface area contributed by atoms with Crippen molar-refractivity contribution in [1.82, 2.24) is 5.32 Å². The molecule has 0 spiro atoms. The molecule has 1 aromatic rings. The average Bonchev–Trinajstić information content (AvgIpc) is 3.55. The number of hydrogen-bond acceptors (Lipinski definition) is 10. The molecule has 274 valence electrons. The fourth-order valence-electron chi connectivity index (χ4n) is 10.8. The van der Waals surface area contributed by atoms with Gasteiger partial charge in [-0.25, -0.2) is 4.79 Å². The molecule has 11 nitrogen and oxygen atoms in total. The first-order chi connectivity index (χ1) is 23.4. The van der Waals surface area contributed by atoms with E-state index in [1.165, 1.54) is 14.0 Å². The number of rotatable bonds is 11. The van der Waals surface area contributed by atoms with E-state index in [1.807, 2.05) is 13.0 Å². The molecule has 4 bridgehead atoms. The second kappa shape index (κ2) is 12.2. The third-order valence-electron chi connectivity index (χ3n) is 14.0. The van der Waals surface area contributed by atoms with Gasteiger partial charge in [0.15, 0.2) is 5.79 Å². The van der Waals surface area contributed by atoms with Crippen LogP contribution in [-0.4, -0.2) is 74.0 Å². The van der Waals surface area contributed by atoms with Gasteiger partial charge in [0, 0.05) is 19.8 Å². The van der Waals surface area contributed by atoms with E-state index in [0.717, 1.165) is 25.7 Å². The summed E-state index contributed by atoms with van der Waals surface area (Å²) < 4.78 is 42.5. The zero-order valence-corrected chi connectivity index (χ0v) is 31.1. The Morgan fingerprint density at radius 3 is 2.22 bits per heavy atom. The van der Waals surface area contributed by atoms with Crippen LogP contribution in [0.4, 0.5) is 0 Å². The zero-order chi connectivity index (χ0) is 36.0. The minimum absolute atomic E-state index is 0.0282. The Morgan fingerprint density at radius 2 is 1.58 bits per heavy atom. The first-order valence-corrected chi connectivity index (χ1v) is 18.4. The fourth-order valence-corrected chi connectivity index (χ4v) is 10.8. The predicted molar refractivity (Wildman–Crippen MR) is 183 cm³/mol. The molecular formula is C38H54BNO10. The molecule has 9 rings (SSSR count). The van der Waals surface area contributed by atoms with Gasteiger partial charge < -0.3 is 38.3 Å². The van der Waals surface area contributed by atoms with Crippen molar-refractivity contribution < 1.29 is 47.4 Å². The van der Waals surface area contributed by atoms with Crippen molar-refractivity contribution >= 4 is 25.0 Å². The summed E-state index contributed by atoms with van der Waals surface area (Å²) in [5, 5.41) is 3.24. The summed E-state index contributed by atoms with van der Waals surface area (Å²) in [6, 6.07) is 5.17. The number of hydrogen-bond donors (Lipinski definition) is 1. The molecule has 2 aliphatic heterocycles. The van der Waals surface area contributed by atoms with Crippen molar-refractivity contribution in [3.63, 3.8) is 0 Å². The van der Waals surface area contributed by atoms with E-state index in [2.05, 4.69) is 46.9 Å². The van der Waals surface area contributed by atoms with Crippen LogP contribution in [0.1, 0.15) is 110 Å². The Kier molecular flexibility index (Phi) is 8.72. The van der Waals surface area contributed by atoms with Gasteiger partial charge in [-0.15, -0.1) is 0 Å². The van der Waals surface area contributed by atoms with E-state index in [1.54, 1.807) is 12.1 Å². The number of benzene rings is 1. The van der Waals surface area contributed by atoms with Crippen molar-refractivity contribution in [3.05, 3.63) is 29.3 Å². The summed E-state index contributed by atoms with van der Waals surface area (Å²) in [4.78, 5) is 38.0. The summed E-state index contributed by atoms with van der Waals surface area (Å²) in [5.41, 5.74) is 0.401. The van der Waals surface area contributed by atoms with Crippen LogP contribution in [0.2, 0.25) is 0 Å². The number of carbonyl (C=O) groups excluding carboxylic acids is 3. The number of methoxy groups -OCH3 is 1. The molecule has 2 heterocycles. The summed E-state index contributed by atoms with van der Waals surface area (Å²) in [6.45, 7) is 16.3. The molecule has 8 aliphatic rings. The lowest BCUT2D eigenvalue weighted by Gasteiger charge is -2.64. The lowest BCUT2D eigenvalue weighted by atomic mass is 9.43. The van der Waals surface area contributed by atoms with Crippen LogP contribution < -0.4 is 10.1 Å². The third-order valence-corrected chi connectivity index (χ3v) is 14.0. The van der Waals surface area contributed by atoms with Gasteiger partial charge in [-0.05, 0) is 99.0 Å². The molecule has 1 amide bonds. The summed E-state index contributed by atoms with van der Waals surface area (Å²) in [5.74, 6) is -0.565. The number of para-hydroxylation sites is 1. The molecule has 6 saturated carbocycles. The molecule has 8 fully saturated rings. The first kappa shape index (κ1) is 35.7. The summed E-state index contributed by atoms with van der Waals surface area (Å²) in [7, 11) is 0.771. The van der Waals surface area contributed by atoms with Gasteiger partial charge in [0.25, 0.3) is 0 Å². The van der Waals surface area contributed by atoms with Gasteiger partial charge in [0.1, 0.15) is 11.3 Å². The van der Waals surface area contributed by atoms with Crippen LogP contribution >= 0.6 is 0 Å². The summed E-state index contributed by atoms with van der Waals surface area (Å²) >= 11 is 0. The highest BCUT2D eigenvalue weighted by Crippen LogP contribution is 2.68. The number of amides is 1. The lowest BCUT2D eigenvalue weighted by Crippen LogP contribution is -2.65. The van der Waals surface area contributed by atoms with Crippen molar-refractivity contribution in [2.75, 3.05) is 13.9 Å². The van der Waals surface area contributed by atoms with Crippen LogP contribution in [0.3, 0.4) is 0 Å². The molecule has 50 heavy (non-hydrogen) atoms. The number of nitrogens with one attached hydrogen (secondary N) is 1. The maximum Gasteiger partial charge on any atom is 0.482 e. The molecule has 1 N–H and O–H groups in total. The third kappa shape index (κ3) is 5.67. The van der Waals surface area contributed by atoms with E-state index in [0.29, 0.717) is 41.4 Å². The van der Waals surface area contributed by atoms with Crippen molar-refractivity contribution in [3.8, 4) is 5.75 Å². The normalized spacial score (nSPS) is 38.9. The van der Waals surface area contributed by atoms with E-state index in [-0.39, 0.29) is 53.0 Å². The van der Waals surface area contributed by atoms with Gasteiger partial charge >= 0.3 is 19.1 Å². The molecule has 2 saturated heterocycles. The molecule has 0 radical (unpaired) electrons. The maximum absolute atomic E-state index is 13.9. The smallest absolute Gasteiger partial charge is 0.482 e. The number of carbonyl (C=O) groups is 3. The predicted octanol–water partition coefficient (Wildman–Crippen LogP) is 5.40. The van der Waals surface area contributed by atoms with E-state index < -0.39 is 43.2 Å². The Balaban J connectivity index is 1.08. The monoisotopic (exact) mass is 695 g/mol. The Labute approximate surface area is 296 Å². The van der Waals surface area contributed by atoms with Crippen molar-refractivity contribution in [2.45, 2.75) is 135 Å². The first-order valence-electron chi connectivity index (χ1n) is 18.4. The van der Waals surface area contributed by atoms with Crippen molar-refractivity contribution in [2.24, 2.45) is 34.5 Å². The second-order valence-corrected chi connectivity index (χ2v) is 17.5. The minimum atomic E-state index is -0.862. The van der Waals surface area contributed by atoms with E-state index >= 15 is 0 Å². The minimum Gasteiger partial charge on any atom is -0.496 e. The van der Waals surface area contributed by atoms with E-state index in [9.17, 15) is 14.4 Å². The van der Waals surface area contributed by atoms with Gasteiger partial charge in [-0.2, -0.15) is 0 Å². The molecule has 0 aromatic heterocycles. The largest absolute Gasteiger partial charge is 0.496 e. The van der Waals surface area contributed by atoms with Crippen LogP contribution in [-0.2, 0) is 44.3 Å². The summed E-state index contributed by atoms with van der Waals surface area (Å²) in [6.07, 6.45) is 4.99. The van der Waals surface area contributed by atoms with Gasteiger partial charge in [0.05, 0.1) is 36.5 Å². The Bertz CT molecular complexity index is 1550. The average molecular weight is 696 g/mol. The molecule has 6 aliphatic carbocycles. The highest BCUT2D eigenvalue weighted by molar-refractivity contribution is 6.48. The fraction of sp³-hybridized carbons (Fsp3) is 0.763. The van der Waals surface area contributed by atoms with Crippen LogP contribution in [0.15, 0.2) is 18.2 Å². The lowest BCUT2D eigenvalue weighted by molar-refractivity contribution is -0.226. The molecular weight excluding hydrogens is 641 g/mol. The quantitative estimate of drug-likeness (QED) is 0.183. The van der Waals surface area contributed by atoms with Gasteiger partial charge in [-0.3, -0.25) is 9.59 Å². The molecule has 12 heteroatoms. The van der Waals surface area contributed by atoms with Crippen molar-refractivity contribution in [1.29, 1.82) is 0 Å². The standard InChI is InChI=1S/C38H54BNO10/c1-21(41)45-20-46-33(43)25-12-10-11-22(32(25)44-9)15-30(39-48-29-19-24-17-27(35(24,4)5)38(29,8)50-39)40-31(42)13-14-36(6)47-28-18-23-16-26(34(23,2)3)37(28,7)49-36/h10-12,23-24,26-30H,13-20H2,1-9H3,(H,40,42). The van der Waals surface area contributed by atoms with Crippen LogP contribution in [0.25, 0.3) is 0 Å². The van der Waals surface area contributed by atoms with Crippen LogP contribution in [0, 0.1) is 34.5 Å². The SMILES string of the molecule is COc1c(CC(NC(=O)CCC2(C)OC3CC4CC(C4(C)C)C3(C)O2)B2OC3CC4CC(C4(C)C)C3(C)O2)cccc1C(=O)OCOC(C)=O.